The highest BCUT2D eigenvalue weighted by Gasteiger charge is 2.12. The zero-order valence-electron chi connectivity index (χ0n) is 19.5. The number of likely N-dealkylation sites (tertiary alicyclic amines) is 1. The minimum Gasteiger partial charge on any atom is -0.497 e. The van der Waals surface area contributed by atoms with Crippen LogP contribution in [0.1, 0.15) is 35.2 Å². The van der Waals surface area contributed by atoms with Crippen LogP contribution in [0.25, 0.3) is 22.2 Å². The molecular weight excluding hydrogens is 422 g/mol. The summed E-state index contributed by atoms with van der Waals surface area (Å²) in [4.78, 5) is 20.1. The van der Waals surface area contributed by atoms with Crippen molar-refractivity contribution in [2.75, 3.05) is 25.5 Å². The molecule has 1 aliphatic rings. The zero-order valence-corrected chi connectivity index (χ0v) is 19.5. The Morgan fingerprint density at radius 1 is 0.941 bits per heavy atom. The van der Waals surface area contributed by atoms with Gasteiger partial charge in [0.1, 0.15) is 5.75 Å². The number of carbonyl (C=O) groups excluding carboxylic acids is 1. The summed E-state index contributed by atoms with van der Waals surface area (Å²) >= 11 is 0. The number of benzene rings is 3. The van der Waals surface area contributed by atoms with Crippen molar-refractivity contribution in [1.29, 1.82) is 0 Å². The number of anilines is 1. The number of piperidine rings is 1. The van der Waals surface area contributed by atoms with Crippen LogP contribution < -0.4 is 10.1 Å². The molecule has 1 N–H and O–H groups in total. The minimum absolute atomic E-state index is 0.160. The lowest BCUT2D eigenvalue weighted by Crippen LogP contribution is -2.29. The average molecular weight is 452 g/mol. The first kappa shape index (κ1) is 22.1. The second kappa shape index (κ2) is 10.1. The number of ether oxygens (including phenoxy) is 1. The van der Waals surface area contributed by atoms with E-state index in [0.717, 1.165) is 40.1 Å². The van der Waals surface area contributed by atoms with Crippen LogP contribution in [0.3, 0.4) is 0 Å². The molecule has 1 saturated heterocycles. The first-order valence-electron chi connectivity index (χ1n) is 11.9. The second-order valence-electron chi connectivity index (χ2n) is 8.82. The van der Waals surface area contributed by atoms with E-state index in [4.69, 9.17) is 9.72 Å². The monoisotopic (exact) mass is 451 g/mol. The summed E-state index contributed by atoms with van der Waals surface area (Å²) in [6.07, 6.45) is 3.96. The van der Waals surface area contributed by atoms with Gasteiger partial charge in [-0.1, -0.05) is 30.7 Å². The average Bonchev–Trinajstić information content (AvgIpc) is 2.89. The Balaban J connectivity index is 1.32. The molecule has 172 valence electrons. The van der Waals surface area contributed by atoms with Crippen LogP contribution in [0.4, 0.5) is 5.69 Å². The van der Waals surface area contributed by atoms with Crippen molar-refractivity contribution in [3.63, 3.8) is 0 Å². The molecule has 0 aliphatic carbocycles. The number of hydrogen-bond acceptors (Lipinski definition) is 4. The Morgan fingerprint density at radius 3 is 2.56 bits per heavy atom. The number of aromatic nitrogens is 1. The van der Waals surface area contributed by atoms with E-state index in [-0.39, 0.29) is 5.91 Å². The van der Waals surface area contributed by atoms with Crippen molar-refractivity contribution in [3.05, 3.63) is 90.0 Å². The zero-order chi connectivity index (χ0) is 23.3. The molecule has 2 heterocycles. The van der Waals surface area contributed by atoms with E-state index < -0.39 is 0 Å². The van der Waals surface area contributed by atoms with Gasteiger partial charge in [-0.2, -0.15) is 0 Å². The number of hydrogen-bond donors (Lipinski definition) is 1. The molecule has 0 radical (unpaired) electrons. The normalized spacial score (nSPS) is 14.1. The van der Waals surface area contributed by atoms with Crippen LogP contribution in [-0.2, 0) is 6.54 Å². The third-order valence-corrected chi connectivity index (χ3v) is 6.38. The molecule has 0 bridgehead atoms. The molecule has 1 aliphatic heterocycles. The number of amides is 1. The van der Waals surface area contributed by atoms with Crippen molar-refractivity contribution in [1.82, 2.24) is 9.88 Å². The Kier molecular flexibility index (Phi) is 6.54. The van der Waals surface area contributed by atoms with Gasteiger partial charge < -0.3 is 10.1 Å². The van der Waals surface area contributed by atoms with Crippen molar-refractivity contribution in [2.24, 2.45) is 0 Å². The summed E-state index contributed by atoms with van der Waals surface area (Å²) in [7, 11) is 1.61. The Morgan fingerprint density at radius 2 is 1.76 bits per heavy atom. The Hall–Kier alpha value is -3.70. The standard InChI is InChI=1S/C29H29N3O2/c1-34-26-12-9-22(10-13-26)29(33)30-25-7-5-6-23(19-25)28-15-11-24-18-21(8-14-27(24)31-28)20-32-16-3-2-4-17-32/h5-15,18-19H,2-4,16-17,20H2,1H3,(H,30,33). The van der Waals surface area contributed by atoms with Crippen LogP contribution >= 0.6 is 0 Å². The molecule has 0 spiro atoms. The molecule has 4 aromatic rings. The van der Waals surface area contributed by atoms with Gasteiger partial charge in [-0.25, -0.2) is 4.98 Å². The summed E-state index contributed by atoms with van der Waals surface area (Å²) in [6.45, 7) is 3.40. The second-order valence-corrected chi connectivity index (χ2v) is 8.82. The summed E-state index contributed by atoms with van der Waals surface area (Å²) in [5.41, 5.74) is 5.48. The van der Waals surface area contributed by atoms with E-state index in [1.54, 1.807) is 31.4 Å². The smallest absolute Gasteiger partial charge is 0.255 e. The fraction of sp³-hybridized carbons (Fsp3) is 0.241. The van der Waals surface area contributed by atoms with Crippen LogP contribution in [0.5, 0.6) is 5.75 Å². The predicted molar refractivity (Wildman–Crippen MR) is 137 cm³/mol. The molecule has 1 aromatic heterocycles. The van der Waals surface area contributed by atoms with Gasteiger partial charge in [0.2, 0.25) is 0 Å². The Labute approximate surface area is 200 Å². The van der Waals surface area contributed by atoms with Gasteiger partial charge in [0.25, 0.3) is 5.91 Å². The largest absolute Gasteiger partial charge is 0.497 e. The maximum atomic E-state index is 12.6. The highest BCUT2D eigenvalue weighted by Crippen LogP contribution is 2.25. The molecule has 5 rings (SSSR count). The van der Waals surface area contributed by atoms with Gasteiger partial charge in [0, 0.05) is 28.7 Å². The maximum absolute atomic E-state index is 12.6. The summed E-state index contributed by atoms with van der Waals surface area (Å²) in [5, 5.41) is 4.13. The van der Waals surface area contributed by atoms with Crippen molar-refractivity contribution >= 4 is 22.5 Å². The molecule has 0 unspecified atom stereocenters. The molecule has 3 aromatic carbocycles. The van der Waals surface area contributed by atoms with Gasteiger partial charge in [-0.15, -0.1) is 0 Å². The van der Waals surface area contributed by atoms with E-state index in [2.05, 4.69) is 40.5 Å². The van der Waals surface area contributed by atoms with E-state index >= 15 is 0 Å². The lowest BCUT2D eigenvalue weighted by Gasteiger charge is -2.26. The molecule has 5 nitrogen and oxygen atoms in total. The quantitative estimate of drug-likeness (QED) is 0.382. The van der Waals surface area contributed by atoms with E-state index in [0.29, 0.717) is 5.56 Å². The fourth-order valence-corrected chi connectivity index (χ4v) is 4.51. The molecular formula is C29H29N3O2. The minimum atomic E-state index is -0.160. The third kappa shape index (κ3) is 5.10. The molecule has 34 heavy (non-hydrogen) atoms. The fourth-order valence-electron chi connectivity index (χ4n) is 4.51. The first-order valence-corrected chi connectivity index (χ1v) is 11.9. The van der Waals surface area contributed by atoms with Gasteiger partial charge in [0.15, 0.2) is 0 Å². The van der Waals surface area contributed by atoms with Crippen molar-refractivity contribution < 1.29 is 9.53 Å². The molecule has 0 atom stereocenters. The number of carbonyl (C=O) groups is 1. The number of methoxy groups -OCH3 is 1. The molecule has 1 amide bonds. The summed E-state index contributed by atoms with van der Waals surface area (Å²) in [6, 6.07) is 25.6. The van der Waals surface area contributed by atoms with E-state index in [1.807, 2.05) is 24.3 Å². The van der Waals surface area contributed by atoms with Crippen LogP contribution in [0.2, 0.25) is 0 Å². The van der Waals surface area contributed by atoms with Gasteiger partial charge >= 0.3 is 0 Å². The number of pyridine rings is 1. The molecule has 0 saturated carbocycles. The lowest BCUT2D eigenvalue weighted by molar-refractivity contribution is 0.102. The van der Waals surface area contributed by atoms with Gasteiger partial charge in [0.05, 0.1) is 18.3 Å². The summed E-state index contributed by atoms with van der Waals surface area (Å²) in [5.74, 6) is 0.562. The first-order chi connectivity index (χ1) is 16.7. The number of nitrogens with one attached hydrogen (secondary N) is 1. The van der Waals surface area contributed by atoms with E-state index in [9.17, 15) is 4.79 Å². The molecule has 1 fully saturated rings. The number of fused-ring (bicyclic) bond motifs is 1. The number of nitrogens with zero attached hydrogens (tertiary/aromatic N) is 2. The van der Waals surface area contributed by atoms with Crippen LogP contribution in [0.15, 0.2) is 78.9 Å². The van der Waals surface area contributed by atoms with E-state index in [1.165, 1.54) is 37.9 Å². The third-order valence-electron chi connectivity index (χ3n) is 6.38. The Bertz CT molecular complexity index is 1290. The number of rotatable bonds is 6. The summed E-state index contributed by atoms with van der Waals surface area (Å²) < 4.78 is 5.16. The van der Waals surface area contributed by atoms with Crippen LogP contribution in [0, 0.1) is 0 Å². The van der Waals surface area contributed by atoms with Crippen molar-refractivity contribution in [2.45, 2.75) is 25.8 Å². The van der Waals surface area contributed by atoms with Crippen molar-refractivity contribution in [3.8, 4) is 17.0 Å². The lowest BCUT2D eigenvalue weighted by atomic mass is 10.1. The topological polar surface area (TPSA) is 54.5 Å². The van der Waals surface area contributed by atoms with Gasteiger partial charge in [-0.3, -0.25) is 9.69 Å². The van der Waals surface area contributed by atoms with Gasteiger partial charge in [-0.05, 0) is 86.1 Å². The predicted octanol–water partition coefficient (Wildman–Crippen LogP) is 6.15. The SMILES string of the molecule is COc1ccc(C(=O)Nc2cccc(-c3ccc4cc(CN5CCCCC5)ccc4n3)c2)cc1. The maximum Gasteiger partial charge on any atom is 0.255 e. The highest BCUT2D eigenvalue weighted by molar-refractivity contribution is 6.04. The van der Waals surface area contributed by atoms with Crippen LogP contribution in [-0.4, -0.2) is 36.0 Å². The highest BCUT2D eigenvalue weighted by atomic mass is 16.5. The molecule has 5 heteroatoms.